The van der Waals surface area contributed by atoms with Gasteiger partial charge in [-0.25, -0.2) is 0 Å². The van der Waals surface area contributed by atoms with Gasteiger partial charge in [-0.3, -0.25) is 9.59 Å². The number of thioether (sulfide) groups is 1. The molecule has 1 amide bonds. The number of carbonyl (C=O) groups is 2. The Kier molecular flexibility index (Phi) is 10.6. The highest BCUT2D eigenvalue weighted by Gasteiger charge is 2.19. The molecule has 5 nitrogen and oxygen atoms in total. The Morgan fingerprint density at radius 3 is 2.48 bits per heavy atom. The molecule has 1 aromatic carbocycles. The van der Waals surface area contributed by atoms with Gasteiger partial charge in [-0.05, 0) is 50.1 Å². The van der Waals surface area contributed by atoms with E-state index in [-0.39, 0.29) is 11.0 Å². The fraction of sp³-hybridized carbons (Fsp3) is 0.571. The van der Waals surface area contributed by atoms with Crippen molar-refractivity contribution in [3.63, 3.8) is 0 Å². The first kappa shape index (κ1) is 23.0. The van der Waals surface area contributed by atoms with Crippen molar-refractivity contribution >= 4 is 22.8 Å². The molecule has 6 heteroatoms. The van der Waals surface area contributed by atoms with Crippen molar-refractivity contribution in [3.05, 3.63) is 23.3 Å². The van der Waals surface area contributed by atoms with Gasteiger partial charge in [0, 0.05) is 31.0 Å². The molecule has 0 aromatic heterocycles. The van der Waals surface area contributed by atoms with Crippen LogP contribution in [0.1, 0.15) is 68.3 Å². The lowest BCUT2D eigenvalue weighted by atomic mass is 10.0. The number of hydrogen-bond acceptors (Lipinski definition) is 5. The van der Waals surface area contributed by atoms with Crippen LogP contribution in [0.25, 0.3) is 0 Å². The van der Waals surface area contributed by atoms with Crippen LogP contribution in [-0.2, 0) is 6.42 Å². The smallest absolute Gasteiger partial charge is 0.285 e. The maximum atomic E-state index is 12.1. The third kappa shape index (κ3) is 7.64. The van der Waals surface area contributed by atoms with Crippen LogP contribution in [0.15, 0.2) is 17.0 Å². The molecule has 1 rings (SSSR count). The van der Waals surface area contributed by atoms with Gasteiger partial charge in [-0.15, -0.1) is 0 Å². The van der Waals surface area contributed by atoms with Gasteiger partial charge < -0.3 is 9.64 Å². The maximum Gasteiger partial charge on any atom is 0.285 e. The number of unbranched alkanes of at least 4 members (excludes halogenated alkanes) is 4. The molecule has 0 saturated carbocycles. The van der Waals surface area contributed by atoms with Crippen LogP contribution >= 0.6 is 11.8 Å². The molecule has 0 aliphatic carbocycles. The molecule has 0 atom stereocenters. The normalized spacial score (nSPS) is 10.3. The molecule has 0 unspecified atom stereocenters. The summed E-state index contributed by atoms with van der Waals surface area (Å²) in [6.07, 6.45) is 6.03. The summed E-state index contributed by atoms with van der Waals surface area (Å²) in [5.41, 5.74) is 1.51. The molecule has 0 heterocycles. The van der Waals surface area contributed by atoms with Gasteiger partial charge in [0.15, 0.2) is 5.78 Å². The Labute approximate surface area is 167 Å². The molecule has 148 valence electrons. The van der Waals surface area contributed by atoms with E-state index < -0.39 is 0 Å². The summed E-state index contributed by atoms with van der Waals surface area (Å²) >= 11 is 1.17. The largest absolute Gasteiger partial charge is 0.493 e. The number of hydrogen-bond donors (Lipinski definition) is 0. The molecule has 0 aliphatic rings. The number of rotatable bonds is 11. The van der Waals surface area contributed by atoms with Gasteiger partial charge >= 0.3 is 0 Å². The van der Waals surface area contributed by atoms with E-state index in [0.29, 0.717) is 24.3 Å². The van der Waals surface area contributed by atoms with Gasteiger partial charge in [0.25, 0.3) is 5.24 Å². The number of nitriles is 1. The summed E-state index contributed by atoms with van der Waals surface area (Å²) < 4.78 is 6.05. The zero-order valence-electron chi connectivity index (χ0n) is 16.8. The van der Waals surface area contributed by atoms with E-state index >= 15 is 0 Å². The third-order valence-corrected chi connectivity index (χ3v) is 5.23. The highest BCUT2D eigenvalue weighted by atomic mass is 32.2. The van der Waals surface area contributed by atoms with Crippen molar-refractivity contribution in [2.24, 2.45) is 0 Å². The predicted octanol–water partition coefficient (Wildman–Crippen LogP) is 5.47. The quantitative estimate of drug-likeness (QED) is 0.285. The number of amides is 1. The Morgan fingerprint density at radius 2 is 1.89 bits per heavy atom. The molecule has 0 N–H and O–H groups in total. The standard InChI is InChI=1S/C21H30N2O3S/c1-5-11-18-19(27-21(25)23(3)4)13-12-17(16(2)24)20(18)26-15-10-8-6-7-9-14-22/h12-13H,5-11,15H2,1-4H3. The summed E-state index contributed by atoms with van der Waals surface area (Å²) in [6.45, 7) is 4.14. The Balaban J connectivity index is 2.97. The Morgan fingerprint density at radius 1 is 1.19 bits per heavy atom. The topological polar surface area (TPSA) is 70.4 Å². The zero-order chi connectivity index (χ0) is 20.2. The van der Waals surface area contributed by atoms with E-state index in [2.05, 4.69) is 13.0 Å². The van der Waals surface area contributed by atoms with Crippen LogP contribution in [0, 0.1) is 11.3 Å². The molecule has 0 aliphatic heterocycles. The SMILES string of the molecule is CCCc1c(SC(=O)N(C)C)ccc(C(C)=O)c1OCCCCCCC#N. The molecule has 0 saturated heterocycles. The van der Waals surface area contributed by atoms with Crippen LogP contribution in [0.5, 0.6) is 5.75 Å². The fourth-order valence-electron chi connectivity index (χ4n) is 2.65. The second-order valence-electron chi connectivity index (χ2n) is 6.66. The molecular formula is C21H30N2O3S. The second kappa shape index (κ2) is 12.4. The van der Waals surface area contributed by atoms with Gasteiger partial charge in [-0.2, -0.15) is 5.26 Å². The first-order chi connectivity index (χ1) is 12.9. The number of ketones is 1. The minimum atomic E-state index is -0.0497. The van der Waals surface area contributed by atoms with E-state index in [1.807, 2.05) is 6.07 Å². The number of carbonyl (C=O) groups excluding carboxylic acids is 2. The lowest BCUT2D eigenvalue weighted by Crippen LogP contribution is -2.16. The minimum Gasteiger partial charge on any atom is -0.493 e. The van der Waals surface area contributed by atoms with Crippen LogP contribution in [-0.4, -0.2) is 36.6 Å². The highest BCUT2D eigenvalue weighted by molar-refractivity contribution is 8.13. The van der Waals surface area contributed by atoms with Crippen molar-refractivity contribution in [1.29, 1.82) is 5.26 Å². The molecule has 0 spiro atoms. The molecule has 0 radical (unpaired) electrons. The third-order valence-electron chi connectivity index (χ3n) is 4.09. The van der Waals surface area contributed by atoms with Crippen molar-refractivity contribution in [2.75, 3.05) is 20.7 Å². The van der Waals surface area contributed by atoms with Gasteiger partial charge in [0.2, 0.25) is 0 Å². The molecule has 27 heavy (non-hydrogen) atoms. The number of nitrogens with zero attached hydrogens (tertiary/aromatic N) is 2. The van der Waals surface area contributed by atoms with E-state index in [1.54, 1.807) is 25.1 Å². The molecular weight excluding hydrogens is 360 g/mol. The van der Waals surface area contributed by atoms with Crippen LogP contribution < -0.4 is 4.74 Å². The van der Waals surface area contributed by atoms with Crippen molar-refractivity contribution in [1.82, 2.24) is 4.90 Å². The van der Waals surface area contributed by atoms with E-state index in [0.717, 1.165) is 49.0 Å². The summed E-state index contributed by atoms with van der Waals surface area (Å²) in [5.74, 6) is 0.588. The maximum absolute atomic E-state index is 12.1. The molecule has 0 bridgehead atoms. The van der Waals surface area contributed by atoms with Crippen molar-refractivity contribution in [2.45, 2.75) is 63.7 Å². The number of benzene rings is 1. The van der Waals surface area contributed by atoms with Crippen molar-refractivity contribution in [3.8, 4) is 11.8 Å². The first-order valence-corrected chi connectivity index (χ1v) is 10.3. The minimum absolute atomic E-state index is 0.0353. The summed E-state index contributed by atoms with van der Waals surface area (Å²) in [6, 6.07) is 5.76. The number of Topliss-reactive ketones (excluding diaryl/α,β-unsaturated/α-hetero) is 1. The Hall–Kier alpha value is -2.00. The summed E-state index contributed by atoms with van der Waals surface area (Å²) in [5, 5.41) is 8.52. The van der Waals surface area contributed by atoms with Gasteiger partial charge in [0.1, 0.15) is 5.75 Å². The summed E-state index contributed by atoms with van der Waals surface area (Å²) in [4.78, 5) is 26.6. The average molecular weight is 391 g/mol. The average Bonchev–Trinajstić information content (AvgIpc) is 2.62. The van der Waals surface area contributed by atoms with Gasteiger partial charge in [0.05, 0.1) is 18.2 Å². The van der Waals surface area contributed by atoms with Crippen LogP contribution in [0.4, 0.5) is 4.79 Å². The zero-order valence-corrected chi connectivity index (χ0v) is 17.7. The monoisotopic (exact) mass is 390 g/mol. The second-order valence-corrected chi connectivity index (χ2v) is 7.65. The molecule has 0 fully saturated rings. The highest BCUT2D eigenvalue weighted by Crippen LogP contribution is 2.36. The van der Waals surface area contributed by atoms with Crippen LogP contribution in [0.2, 0.25) is 0 Å². The van der Waals surface area contributed by atoms with E-state index in [9.17, 15) is 9.59 Å². The Bertz CT molecular complexity index is 681. The lowest BCUT2D eigenvalue weighted by molar-refractivity contribution is 0.101. The van der Waals surface area contributed by atoms with E-state index in [1.165, 1.54) is 18.7 Å². The first-order valence-electron chi connectivity index (χ1n) is 9.48. The van der Waals surface area contributed by atoms with Crippen LogP contribution in [0.3, 0.4) is 0 Å². The molecule has 1 aromatic rings. The fourth-order valence-corrected chi connectivity index (χ4v) is 3.48. The van der Waals surface area contributed by atoms with Crippen molar-refractivity contribution < 1.29 is 14.3 Å². The van der Waals surface area contributed by atoms with E-state index in [4.69, 9.17) is 10.00 Å². The van der Waals surface area contributed by atoms with Gasteiger partial charge in [-0.1, -0.05) is 26.2 Å². The summed E-state index contributed by atoms with van der Waals surface area (Å²) in [7, 11) is 3.45. The lowest BCUT2D eigenvalue weighted by Gasteiger charge is -2.19. The predicted molar refractivity (Wildman–Crippen MR) is 110 cm³/mol. The number of ether oxygens (including phenoxy) is 1.